The average Bonchev–Trinajstić information content (AvgIpc) is 2.99. The molecule has 5 atom stereocenters. The molecule has 1 aliphatic carbocycles. The van der Waals surface area contributed by atoms with E-state index in [1.165, 1.54) is 10.4 Å². The highest BCUT2D eigenvalue weighted by Gasteiger charge is 2.50. The molecular formula is C39H50O4Si. The summed E-state index contributed by atoms with van der Waals surface area (Å²) >= 11 is 0. The molecule has 3 aromatic rings. The lowest BCUT2D eigenvalue weighted by molar-refractivity contribution is -0.302. The lowest BCUT2D eigenvalue weighted by atomic mass is 9.70. The topological polar surface area (TPSA) is 44.8 Å². The fraction of sp³-hybridized carbons (Fsp3) is 0.462. The van der Waals surface area contributed by atoms with Crippen molar-refractivity contribution in [3.8, 4) is 0 Å². The Labute approximate surface area is 266 Å². The zero-order valence-corrected chi connectivity index (χ0v) is 28.4. The third-order valence-electron chi connectivity index (χ3n) is 9.56. The van der Waals surface area contributed by atoms with Crippen LogP contribution >= 0.6 is 0 Å². The van der Waals surface area contributed by atoms with Gasteiger partial charge < -0.3 is 13.9 Å². The van der Waals surface area contributed by atoms with Crippen molar-refractivity contribution in [2.75, 3.05) is 6.61 Å². The molecule has 0 aromatic heterocycles. The minimum Gasteiger partial charge on any atom is -0.407 e. The molecular weight excluding hydrogens is 561 g/mol. The van der Waals surface area contributed by atoms with Crippen LogP contribution in [-0.4, -0.2) is 38.7 Å². The molecule has 0 saturated carbocycles. The third kappa shape index (κ3) is 7.18. The number of hydrogen-bond donors (Lipinski definition) is 0. The van der Waals surface area contributed by atoms with Crippen LogP contribution in [0.25, 0.3) is 0 Å². The lowest BCUT2D eigenvalue weighted by Gasteiger charge is -2.44. The molecule has 0 N–H and O–H groups in total. The Hall–Kier alpha value is -2.83. The molecule has 234 valence electrons. The van der Waals surface area contributed by atoms with Crippen molar-refractivity contribution in [2.45, 2.75) is 96.2 Å². The number of benzene rings is 3. The van der Waals surface area contributed by atoms with E-state index >= 15 is 0 Å². The highest BCUT2D eigenvalue weighted by atomic mass is 28.4. The van der Waals surface area contributed by atoms with Gasteiger partial charge in [-0.05, 0) is 72.0 Å². The van der Waals surface area contributed by atoms with E-state index in [4.69, 9.17) is 13.9 Å². The molecule has 0 unspecified atom stereocenters. The Bertz CT molecular complexity index is 1340. The molecule has 1 saturated heterocycles. The number of allylic oxidation sites excluding steroid dienone is 2. The van der Waals surface area contributed by atoms with Crippen LogP contribution in [-0.2, 0) is 18.7 Å². The van der Waals surface area contributed by atoms with E-state index in [9.17, 15) is 4.79 Å². The van der Waals surface area contributed by atoms with E-state index < -0.39 is 14.1 Å². The van der Waals surface area contributed by atoms with Crippen molar-refractivity contribution < 1.29 is 18.7 Å². The van der Waals surface area contributed by atoms with Gasteiger partial charge in [0.15, 0.2) is 11.6 Å². The summed E-state index contributed by atoms with van der Waals surface area (Å²) in [6.07, 6.45) is 7.45. The molecule has 1 aliphatic heterocycles. The van der Waals surface area contributed by atoms with Crippen LogP contribution < -0.4 is 10.4 Å². The van der Waals surface area contributed by atoms with E-state index in [1.807, 2.05) is 32.0 Å². The number of hydrogen-bond acceptors (Lipinski definition) is 4. The summed E-state index contributed by atoms with van der Waals surface area (Å²) in [7, 11) is -2.60. The van der Waals surface area contributed by atoms with E-state index in [1.54, 1.807) is 6.08 Å². The minimum atomic E-state index is -2.60. The average molecular weight is 611 g/mol. The summed E-state index contributed by atoms with van der Waals surface area (Å²) in [5.74, 6) is 0.0333. The smallest absolute Gasteiger partial charge is 0.261 e. The third-order valence-corrected chi connectivity index (χ3v) is 14.6. The highest BCUT2D eigenvalue weighted by Crippen LogP contribution is 2.41. The molecule has 0 spiro atoms. The molecule has 3 aromatic carbocycles. The first-order valence-electron chi connectivity index (χ1n) is 16.4. The molecule has 0 bridgehead atoms. The summed E-state index contributed by atoms with van der Waals surface area (Å²) in [5.41, 5.74) is 1.12. The van der Waals surface area contributed by atoms with Crippen LogP contribution in [0.2, 0.25) is 5.04 Å². The quantitative estimate of drug-likeness (QED) is 0.220. The summed E-state index contributed by atoms with van der Waals surface area (Å²) < 4.78 is 20.2. The second-order valence-electron chi connectivity index (χ2n) is 14.2. The maximum Gasteiger partial charge on any atom is 0.261 e. The molecule has 0 amide bonds. The standard InChI is InChI=1S/C39H50O4Si/c1-29-22-25-36(40)37(30-16-10-7-11-17-30)35(29)24-23-31-28-32(43-39(5,6)42-31)26-27-41-44(38(2,3)4,33-18-12-8-13-19-33)34-20-14-9-15-21-34/h7-22,25,29,31-32,35,37H,23-24,26-28H2,1-6H3/t29-,31+,32-,35-,37-/m0/s1. The SMILES string of the molecule is C[C@H]1C=CC(=O)[C@@H](c2ccccc2)[C@H]1CC[C@@H]1C[C@H](CCO[Si](c2ccccc2)(c2ccccc2)C(C)(C)C)OC(C)(C)O1. The minimum absolute atomic E-state index is 0.0391. The second-order valence-corrected chi connectivity index (χ2v) is 18.5. The van der Waals surface area contributed by atoms with Crippen LogP contribution in [0.5, 0.6) is 0 Å². The van der Waals surface area contributed by atoms with E-state index in [0.717, 1.165) is 31.2 Å². The lowest BCUT2D eigenvalue weighted by Crippen LogP contribution is -2.66. The van der Waals surface area contributed by atoms with Crippen LogP contribution in [0, 0.1) is 11.8 Å². The van der Waals surface area contributed by atoms with Crippen LogP contribution in [0.3, 0.4) is 0 Å². The Morgan fingerprint density at radius 2 is 1.32 bits per heavy atom. The highest BCUT2D eigenvalue weighted by molar-refractivity contribution is 6.99. The van der Waals surface area contributed by atoms with Gasteiger partial charge in [0.25, 0.3) is 8.32 Å². The van der Waals surface area contributed by atoms with Crippen molar-refractivity contribution in [1.82, 2.24) is 0 Å². The van der Waals surface area contributed by atoms with Gasteiger partial charge in [-0.3, -0.25) is 4.79 Å². The first-order chi connectivity index (χ1) is 21.0. The molecule has 1 heterocycles. The van der Waals surface area contributed by atoms with Crippen LogP contribution in [0.1, 0.15) is 78.7 Å². The monoisotopic (exact) mass is 610 g/mol. The van der Waals surface area contributed by atoms with Gasteiger partial charge in [-0.2, -0.15) is 0 Å². The number of ketones is 1. The first-order valence-corrected chi connectivity index (χ1v) is 18.3. The number of ether oxygens (including phenoxy) is 2. The molecule has 0 radical (unpaired) electrons. The van der Waals surface area contributed by atoms with Crippen molar-refractivity contribution in [3.63, 3.8) is 0 Å². The largest absolute Gasteiger partial charge is 0.407 e. The van der Waals surface area contributed by atoms with Gasteiger partial charge in [0, 0.05) is 13.0 Å². The maximum atomic E-state index is 13.1. The summed E-state index contributed by atoms with van der Waals surface area (Å²) in [5, 5.41) is 2.53. The van der Waals surface area contributed by atoms with Crippen molar-refractivity contribution >= 4 is 24.5 Å². The molecule has 1 fully saturated rings. The number of carbonyl (C=O) groups excluding carboxylic acids is 1. The van der Waals surface area contributed by atoms with Crippen LogP contribution in [0.4, 0.5) is 0 Å². The van der Waals surface area contributed by atoms with Gasteiger partial charge in [0.2, 0.25) is 0 Å². The molecule has 5 heteroatoms. The molecule has 44 heavy (non-hydrogen) atoms. The van der Waals surface area contributed by atoms with Crippen molar-refractivity contribution in [1.29, 1.82) is 0 Å². The Morgan fingerprint density at radius 3 is 1.86 bits per heavy atom. The molecule has 4 nitrogen and oxygen atoms in total. The summed E-state index contributed by atoms with van der Waals surface area (Å²) in [4.78, 5) is 13.1. The van der Waals surface area contributed by atoms with E-state index in [-0.39, 0.29) is 34.9 Å². The van der Waals surface area contributed by atoms with Crippen molar-refractivity contribution in [2.24, 2.45) is 11.8 Å². The van der Waals surface area contributed by atoms with Gasteiger partial charge in [-0.15, -0.1) is 0 Å². The normalized spacial score (nSPS) is 25.6. The van der Waals surface area contributed by atoms with Gasteiger partial charge >= 0.3 is 0 Å². The molecule has 5 rings (SSSR count). The van der Waals surface area contributed by atoms with Gasteiger partial charge in [0.1, 0.15) is 0 Å². The Kier molecular flexibility index (Phi) is 10.1. The Balaban J connectivity index is 1.29. The molecule has 2 aliphatic rings. The van der Waals surface area contributed by atoms with E-state index in [2.05, 4.69) is 107 Å². The number of carbonyl (C=O) groups is 1. The fourth-order valence-electron chi connectivity index (χ4n) is 7.57. The van der Waals surface area contributed by atoms with Crippen molar-refractivity contribution in [3.05, 3.63) is 109 Å². The van der Waals surface area contributed by atoms with Gasteiger partial charge in [-0.25, -0.2) is 0 Å². The van der Waals surface area contributed by atoms with Gasteiger partial charge in [-0.1, -0.05) is 125 Å². The second kappa shape index (κ2) is 13.7. The Morgan fingerprint density at radius 1 is 0.795 bits per heavy atom. The predicted octanol–water partition coefficient (Wildman–Crippen LogP) is 7.82. The van der Waals surface area contributed by atoms with E-state index in [0.29, 0.717) is 12.5 Å². The fourth-order valence-corrected chi connectivity index (χ4v) is 12.1. The zero-order valence-electron chi connectivity index (χ0n) is 27.4. The summed E-state index contributed by atoms with van der Waals surface area (Å²) in [6.45, 7) is 13.9. The van der Waals surface area contributed by atoms with Gasteiger partial charge in [0.05, 0.1) is 18.1 Å². The number of rotatable bonds is 10. The van der Waals surface area contributed by atoms with Crippen LogP contribution in [0.15, 0.2) is 103 Å². The summed E-state index contributed by atoms with van der Waals surface area (Å²) in [6, 6.07) is 31.9. The predicted molar refractivity (Wildman–Crippen MR) is 182 cm³/mol. The first kappa shape index (κ1) is 32.6. The maximum absolute atomic E-state index is 13.1. The zero-order chi connectivity index (χ0) is 31.4.